The molecule has 1 rings (SSSR count). The second-order valence-electron chi connectivity index (χ2n) is 4.12. The van der Waals surface area contributed by atoms with Crippen LogP contribution in [0, 0.1) is 11.3 Å². The quantitative estimate of drug-likeness (QED) is 0.898. The second kappa shape index (κ2) is 7.16. The van der Waals surface area contributed by atoms with E-state index in [1.165, 1.54) is 5.56 Å². The fourth-order valence-electron chi connectivity index (χ4n) is 1.61. The molecule has 94 valence electrons. The summed E-state index contributed by atoms with van der Waals surface area (Å²) >= 11 is 0. The Kier molecular flexibility index (Phi) is 6.64. The highest BCUT2D eigenvalue weighted by atomic mass is 35.5. The molecule has 0 heterocycles. The first-order chi connectivity index (χ1) is 7.60. The Labute approximate surface area is 109 Å². The molecule has 0 aromatic heterocycles. The van der Waals surface area contributed by atoms with E-state index in [0.717, 1.165) is 11.3 Å². The van der Waals surface area contributed by atoms with E-state index in [1.807, 2.05) is 18.2 Å². The molecule has 1 atom stereocenters. The number of nitrogens with zero attached hydrogens (tertiary/aromatic N) is 1. The van der Waals surface area contributed by atoms with Crippen molar-refractivity contribution < 1.29 is 4.74 Å². The Bertz CT molecular complexity index is 399. The van der Waals surface area contributed by atoms with Gasteiger partial charge in [-0.3, -0.25) is 0 Å². The van der Waals surface area contributed by atoms with Crippen molar-refractivity contribution in [3.63, 3.8) is 0 Å². The summed E-state index contributed by atoms with van der Waals surface area (Å²) in [7, 11) is 1.62. The van der Waals surface area contributed by atoms with Crippen LogP contribution in [0.4, 0.5) is 0 Å². The second-order valence-corrected chi connectivity index (χ2v) is 4.12. The number of hydrogen-bond donors (Lipinski definition) is 1. The molecule has 17 heavy (non-hydrogen) atoms. The van der Waals surface area contributed by atoms with Gasteiger partial charge in [0.05, 0.1) is 19.6 Å². The fraction of sp³-hybridized carbons (Fsp3) is 0.462. The van der Waals surface area contributed by atoms with Crippen molar-refractivity contribution in [2.75, 3.05) is 7.11 Å². The van der Waals surface area contributed by atoms with Crippen molar-refractivity contribution >= 4 is 12.4 Å². The smallest absolute Gasteiger partial charge is 0.123 e. The van der Waals surface area contributed by atoms with E-state index in [-0.39, 0.29) is 18.4 Å². The molecule has 3 nitrogen and oxygen atoms in total. The highest BCUT2D eigenvalue weighted by Crippen LogP contribution is 2.29. The first kappa shape index (κ1) is 15.8. The zero-order valence-corrected chi connectivity index (χ0v) is 11.3. The SMILES string of the molecule is COc1ccc(C(C)C)cc1[C@@H](N)CC#N.Cl. The molecule has 2 N–H and O–H groups in total. The topological polar surface area (TPSA) is 59.0 Å². The van der Waals surface area contributed by atoms with Crippen LogP contribution in [0.5, 0.6) is 5.75 Å². The lowest BCUT2D eigenvalue weighted by Crippen LogP contribution is -2.11. The molecule has 4 heteroatoms. The number of methoxy groups -OCH3 is 1. The van der Waals surface area contributed by atoms with E-state index in [1.54, 1.807) is 7.11 Å². The monoisotopic (exact) mass is 254 g/mol. The van der Waals surface area contributed by atoms with Crippen LogP contribution < -0.4 is 10.5 Å². The first-order valence-electron chi connectivity index (χ1n) is 5.40. The summed E-state index contributed by atoms with van der Waals surface area (Å²) in [6.45, 7) is 4.25. The molecular formula is C13H19ClN2O. The van der Waals surface area contributed by atoms with Gasteiger partial charge in [-0.25, -0.2) is 0 Å². The van der Waals surface area contributed by atoms with Crippen molar-refractivity contribution in [3.8, 4) is 11.8 Å². The standard InChI is InChI=1S/C13H18N2O.ClH/c1-9(2)10-4-5-13(16-3)11(8-10)12(15)6-7-14;/h4-5,8-9,12H,6,15H2,1-3H3;1H/t12-;/m0./s1. The summed E-state index contributed by atoms with van der Waals surface area (Å²) in [5.74, 6) is 1.20. The van der Waals surface area contributed by atoms with Crippen molar-refractivity contribution in [1.82, 2.24) is 0 Å². The average Bonchev–Trinajstić information content (AvgIpc) is 2.28. The number of rotatable bonds is 4. The number of nitriles is 1. The van der Waals surface area contributed by atoms with Gasteiger partial charge in [-0.2, -0.15) is 5.26 Å². The summed E-state index contributed by atoms with van der Waals surface area (Å²) in [5.41, 5.74) is 8.07. The van der Waals surface area contributed by atoms with Gasteiger partial charge in [0.1, 0.15) is 5.75 Å². The molecule has 0 radical (unpaired) electrons. The van der Waals surface area contributed by atoms with Gasteiger partial charge in [0.25, 0.3) is 0 Å². The minimum atomic E-state index is -0.279. The predicted octanol–water partition coefficient (Wildman–Crippen LogP) is 3.15. The number of benzene rings is 1. The van der Waals surface area contributed by atoms with Gasteiger partial charge >= 0.3 is 0 Å². The molecule has 0 saturated carbocycles. The van der Waals surface area contributed by atoms with Crippen LogP contribution >= 0.6 is 12.4 Å². The van der Waals surface area contributed by atoms with Gasteiger partial charge in [-0.1, -0.05) is 26.0 Å². The number of nitrogens with two attached hydrogens (primary N) is 1. The summed E-state index contributed by atoms with van der Waals surface area (Å²) in [6, 6.07) is 7.79. The maximum atomic E-state index is 8.67. The summed E-state index contributed by atoms with van der Waals surface area (Å²) in [4.78, 5) is 0. The average molecular weight is 255 g/mol. The molecule has 0 aliphatic carbocycles. The van der Waals surface area contributed by atoms with Crippen LogP contribution in [0.1, 0.15) is 43.4 Å². The molecule has 1 aromatic carbocycles. The lowest BCUT2D eigenvalue weighted by atomic mass is 9.96. The maximum absolute atomic E-state index is 8.67. The molecule has 1 aromatic rings. The Morgan fingerprint density at radius 3 is 2.53 bits per heavy atom. The first-order valence-corrected chi connectivity index (χ1v) is 5.40. The van der Waals surface area contributed by atoms with E-state index < -0.39 is 0 Å². The van der Waals surface area contributed by atoms with Crippen molar-refractivity contribution in [2.45, 2.75) is 32.2 Å². The summed E-state index contributed by atoms with van der Waals surface area (Å²) in [6.07, 6.45) is 0.303. The third-order valence-corrected chi connectivity index (χ3v) is 2.63. The lowest BCUT2D eigenvalue weighted by Gasteiger charge is -2.16. The van der Waals surface area contributed by atoms with Crippen LogP contribution in [0.15, 0.2) is 18.2 Å². The molecule has 0 spiro atoms. The zero-order valence-electron chi connectivity index (χ0n) is 10.4. The predicted molar refractivity (Wildman–Crippen MR) is 71.5 cm³/mol. The fourth-order valence-corrected chi connectivity index (χ4v) is 1.61. The van der Waals surface area contributed by atoms with E-state index >= 15 is 0 Å². The minimum Gasteiger partial charge on any atom is -0.496 e. The van der Waals surface area contributed by atoms with Gasteiger partial charge in [-0.15, -0.1) is 12.4 Å². The van der Waals surface area contributed by atoms with Gasteiger partial charge in [0.2, 0.25) is 0 Å². The van der Waals surface area contributed by atoms with E-state index in [0.29, 0.717) is 12.3 Å². The van der Waals surface area contributed by atoms with E-state index in [2.05, 4.69) is 19.9 Å². The largest absolute Gasteiger partial charge is 0.496 e. The van der Waals surface area contributed by atoms with Gasteiger partial charge < -0.3 is 10.5 Å². The molecule has 0 aliphatic heterocycles. The number of hydrogen-bond acceptors (Lipinski definition) is 3. The van der Waals surface area contributed by atoms with Crippen LogP contribution in [-0.4, -0.2) is 7.11 Å². The number of ether oxygens (including phenoxy) is 1. The maximum Gasteiger partial charge on any atom is 0.123 e. The molecular weight excluding hydrogens is 236 g/mol. The summed E-state index contributed by atoms with van der Waals surface area (Å²) < 4.78 is 5.26. The molecule has 0 saturated heterocycles. The zero-order chi connectivity index (χ0) is 12.1. The molecule has 0 aliphatic rings. The molecule has 0 unspecified atom stereocenters. The van der Waals surface area contributed by atoms with Crippen molar-refractivity contribution in [3.05, 3.63) is 29.3 Å². The Morgan fingerprint density at radius 2 is 2.06 bits per heavy atom. The van der Waals surface area contributed by atoms with Crippen LogP contribution in [0.3, 0.4) is 0 Å². The minimum absolute atomic E-state index is 0. The van der Waals surface area contributed by atoms with Crippen LogP contribution in [0.25, 0.3) is 0 Å². The van der Waals surface area contributed by atoms with Crippen molar-refractivity contribution in [2.24, 2.45) is 5.73 Å². The highest BCUT2D eigenvalue weighted by molar-refractivity contribution is 5.85. The molecule has 0 bridgehead atoms. The lowest BCUT2D eigenvalue weighted by molar-refractivity contribution is 0.405. The van der Waals surface area contributed by atoms with Crippen LogP contribution in [0.2, 0.25) is 0 Å². The normalized spacial score (nSPS) is 11.5. The number of halogens is 1. The Morgan fingerprint density at radius 1 is 1.41 bits per heavy atom. The molecule has 0 amide bonds. The highest BCUT2D eigenvalue weighted by Gasteiger charge is 2.13. The van der Waals surface area contributed by atoms with Gasteiger partial charge in [0, 0.05) is 11.6 Å². The van der Waals surface area contributed by atoms with Gasteiger partial charge in [-0.05, 0) is 17.5 Å². The Balaban J connectivity index is 0.00000256. The third-order valence-electron chi connectivity index (χ3n) is 2.63. The Hall–Kier alpha value is -1.24. The van der Waals surface area contributed by atoms with E-state index in [9.17, 15) is 0 Å². The van der Waals surface area contributed by atoms with Gasteiger partial charge in [0.15, 0.2) is 0 Å². The van der Waals surface area contributed by atoms with Crippen LogP contribution in [-0.2, 0) is 0 Å². The van der Waals surface area contributed by atoms with E-state index in [4.69, 9.17) is 15.7 Å². The third kappa shape index (κ3) is 3.92. The molecule has 0 fully saturated rings. The van der Waals surface area contributed by atoms with Crippen molar-refractivity contribution in [1.29, 1.82) is 5.26 Å². The summed E-state index contributed by atoms with van der Waals surface area (Å²) in [5, 5.41) is 8.67.